The SMILES string of the molecule is CCc1ccc(CNC(=O)C2NCC3CCCC32)s1. The maximum absolute atomic E-state index is 12.3. The number of fused-ring (bicyclic) bond motifs is 1. The third kappa shape index (κ3) is 2.70. The highest BCUT2D eigenvalue weighted by molar-refractivity contribution is 7.11. The van der Waals surface area contributed by atoms with Crippen molar-refractivity contribution >= 4 is 17.2 Å². The fourth-order valence-electron chi connectivity index (χ4n) is 3.47. The summed E-state index contributed by atoms with van der Waals surface area (Å²) in [7, 11) is 0. The lowest BCUT2D eigenvalue weighted by molar-refractivity contribution is -0.123. The van der Waals surface area contributed by atoms with E-state index in [0.717, 1.165) is 18.9 Å². The van der Waals surface area contributed by atoms with E-state index in [0.29, 0.717) is 12.5 Å². The van der Waals surface area contributed by atoms with Crippen molar-refractivity contribution in [2.45, 2.75) is 45.2 Å². The van der Waals surface area contributed by atoms with Gasteiger partial charge in [-0.1, -0.05) is 13.3 Å². The molecule has 3 atom stereocenters. The number of hydrogen-bond donors (Lipinski definition) is 2. The maximum atomic E-state index is 12.3. The van der Waals surface area contributed by atoms with E-state index in [4.69, 9.17) is 0 Å². The third-order valence-corrected chi connectivity index (χ3v) is 5.76. The van der Waals surface area contributed by atoms with E-state index in [-0.39, 0.29) is 11.9 Å². The smallest absolute Gasteiger partial charge is 0.237 e. The third-order valence-electron chi connectivity index (χ3n) is 4.53. The minimum Gasteiger partial charge on any atom is -0.350 e. The molecule has 2 N–H and O–H groups in total. The highest BCUT2D eigenvalue weighted by atomic mass is 32.1. The van der Waals surface area contributed by atoms with E-state index in [1.807, 2.05) is 0 Å². The topological polar surface area (TPSA) is 41.1 Å². The maximum Gasteiger partial charge on any atom is 0.237 e. The summed E-state index contributed by atoms with van der Waals surface area (Å²) >= 11 is 1.80. The summed E-state index contributed by atoms with van der Waals surface area (Å²) < 4.78 is 0. The summed E-state index contributed by atoms with van der Waals surface area (Å²) in [6.07, 6.45) is 4.89. The average Bonchev–Trinajstić information content (AvgIpc) is 3.11. The minimum atomic E-state index is 0.0538. The summed E-state index contributed by atoms with van der Waals surface area (Å²) in [6, 6.07) is 4.34. The van der Waals surface area contributed by atoms with Crippen LogP contribution in [0, 0.1) is 11.8 Å². The Morgan fingerprint density at radius 3 is 3.05 bits per heavy atom. The molecule has 1 aromatic rings. The molecule has 1 saturated heterocycles. The Kier molecular flexibility index (Phi) is 3.89. The molecule has 0 spiro atoms. The lowest BCUT2D eigenvalue weighted by Gasteiger charge is -2.17. The second-order valence-electron chi connectivity index (χ2n) is 5.68. The number of amides is 1. The standard InChI is InChI=1S/C15H22N2OS/c1-2-11-6-7-12(19-11)9-17-15(18)14-13-5-3-4-10(13)8-16-14/h6-7,10,13-14,16H,2-5,8-9H2,1H3,(H,17,18). The molecular formula is C15H22N2OS. The van der Waals surface area contributed by atoms with Gasteiger partial charge in [0.05, 0.1) is 12.6 Å². The number of carbonyl (C=O) groups excluding carboxylic acids is 1. The molecule has 1 aliphatic carbocycles. The molecule has 2 heterocycles. The van der Waals surface area contributed by atoms with E-state index in [1.165, 1.54) is 29.0 Å². The number of nitrogens with one attached hydrogen (secondary N) is 2. The Morgan fingerprint density at radius 2 is 2.26 bits per heavy atom. The molecule has 104 valence electrons. The van der Waals surface area contributed by atoms with Crippen molar-refractivity contribution in [1.82, 2.24) is 10.6 Å². The normalized spacial score (nSPS) is 29.4. The van der Waals surface area contributed by atoms with E-state index in [2.05, 4.69) is 29.7 Å². The molecule has 1 aromatic heterocycles. The van der Waals surface area contributed by atoms with Gasteiger partial charge in [-0.15, -0.1) is 11.3 Å². The predicted octanol–water partition coefficient (Wildman–Crippen LogP) is 2.31. The summed E-state index contributed by atoms with van der Waals surface area (Å²) in [5, 5.41) is 6.50. The molecule has 0 bridgehead atoms. The fourth-order valence-corrected chi connectivity index (χ4v) is 4.36. The Hall–Kier alpha value is -0.870. The van der Waals surface area contributed by atoms with E-state index >= 15 is 0 Å². The highest BCUT2D eigenvalue weighted by Crippen LogP contribution is 2.37. The Labute approximate surface area is 118 Å². The first-order valence-corrected chi connectivity index (χ1v) is 8.18. The number of hydrogen-bond acceptors (Lipinski definition) is 3. The molecule has 3 rings (SSSR count). The number of rotatable bonds is 4. The monoisotopic (exact) mass is 278 g/mol. The first kappa shape index (κ1) is 13.1. The number of thiophene rings is 1. The minimum absolute atomic E-state index is 0.0538. The number of aryl methyl sites for hydroxylation is 1. The highest BCUT2D eigenvalue weighted by Gasteiger charge is 2.42. The molecular weight excluding hydrogens is 256 g/mol. The summed E-state index contributed by atoms with van der Waals surface area (Å²) in [5.74, 6) is 1.51. The quantitative estimate of drug-likeness (QED) is 0.887. The molecule has 0 radical (unpaired) electrons. The van der Waals surface area contributed by atoms with Crippen molar-refractivity contribution in [2.24, 2.45) is 11.8 Å². The first-order chi connectivity index (χ1) is 9.28. The van der Waals surface area contributed by atoms with Crippen LogP contribution in [0.15, 0.2) is 12.1 Å². The van der Waals surface area contributed by atoms with Gasteiger partial charge in [-0.2, -0.15) is 0 Å². The first-order valence-electron chi connectivity index (χ1n) is 7.36. The molecule has 0 aromatic carbocycles. The molecule has 4 heteroatoms. The fraction of sp³-hybridized carbons (Fsp3) is 0.667. The van der Waals surface area contributed by atoms with Crippen LogP contribution in [-0.4, -0.2) is 18.5 Å². The summed E-state index contributed by atoms with van der Waals surface area (Å²) in [6.45, 7) is 3.87. The molecule has 3 nitrogen and oxygen atoms in total. The van der Waals surface area contributed by atoms with Crippen molar-refractivity contribution in [2.75, 3.05) is 6.54 Å². The Balaban J connectivity index is 1.53. The summed E-state index contributed by atoms with van der Waals surface area (Å²) in [4.78, 5) is 14.9. The van der Waals surface area contributed by atoms with Crippen LogP contribution < -0.4 is 10.6 Å². The molecule has 2 fully saturated rings. The summed E-state index contributed by atoms with van der Waals surface area (Å²) in [5.41, 5.74) is 0. The molecule has 1 saturated carbocycles. The van der Waals surface area contributed by atoms with Gasteiger partial charge < -0.3 is 10.6 Å². The van der Waals surface area contributed by atoms with Gasteiger partial charge in [0.25, 0.3) is 0 Å². The van der Waals surface area contributed by atoms with E-state index < -0.39 is 0 Å². The van der Waals surface area contributed by atoms with Gasteiger partial charge in [0.15, 0.2) is 0 Å². The van der Waals surface area contributed by atoms with Crippen molar-refractivity contribution in [3.05, 3.63) is 21.9 Å². The zero-order valence-electron chi connectivity index (χ0n) is 11.4. The molecule has 2 aliphatic rings. The van der Waals surface area contributed by atoms with Gasteiger partial charge in [0.1, 0.15) is 0 Å². The Bertz CT molecular complexity index is 457. The van der Waals surface area contributed by atoms with Gasteiger partial charge in [-0.3, -0.25) is 4.79 Å². The van der Waals surface area contributed by atoms with Crippen LogP contribution in [0.25, 0.3) is 0 Å². The molecule has 1 aliphatic heterocycles. The second kappa shape index (κ2) is 5.63. The van der Waals surface area contributed by atoms with Crippen LogP contribution in [-0.2, 0) is 17.8 Å². The zero-order chi connectivity index (χ0) is 13.2. The van der Waals surface area contributed by atoms with Crippen LogP contribution in [0.3, 0.4) is 0 Å². The largest absolute Gasteiger partial charge is 0.350 e. The van der Waals surface area contributed by atoms with Gasteiger partial charge in [0, 0.05) is 9.75 Å². The van der Waals surface area contributed by atoms with Crippen LogP contribution >= 0.6 is 11.3 Å². The lowest BCUT2D eigenvalue weighted by Crippen LogP contribution is -2.43. The Morgan fingerprint density at radius 1 is 1.42 bits per heavy atom. The second-order valence-corrected chi connectivity index (χ2v) is 6.93. The van der Waals surface area contributed by atoms with Gasteiger partial charge >= 0.3 is 0 Å². The van der Waals surface area contributed by atoms with E-state index in [1.54, 1.807) is 11.3 Å². The molecule has 3 unspecified atom stereocenters. The van der Waals surface area contributed by atoms with Gasteiger partial charge in [-0.05, 0) is 49.8 Å². The molecule has 19 heavy (non-hydrogen) atoms. The lowest BCUT2D eigenvalue weighted by atomic mass is 9.94. The van der Waals surface area contributed by atoms with Crippen LogP contribution in [0.4, 0.5) is 0 Å². The molecule has 1 amide bonds. The predicted molar refractivity (Wildman–Crippen MR) is 78.2 cm³/mol. The van der Waals surface area contributed by atoms with Gasteiger partial charge in [0.2, 0.25) is 5.91 Å². The van der Waals surface area contributed by atoms with Crippen LogP contribution in [0.5, 0.6) is 0 Å². The average molecular weight is 278 g/mol. The van der Waals surface area contributed by atoms with E-state index in [9.17, 15) is 4.79 Å². The zero-order valence-corrected chi connectivity index (χ0v) is 12.3. The van der Waals surface area contributed by atoms with Crippen molar-refractivity contribution in [1.29, 1.82) is 0 Å². The van der Waals surface area contributed by atoms with Crippen LogP contribution in [0.1, 0.15) is 35.9 Å². The van der Waals surface area contributed by atoms with Crippen LogP contribution in [0.2, 0.25) is 0 Å². The van der Waals surface area contributed by atoms with Crippen molar-refractivity contribution in [3.63, 3.8) is 0 Å². The van der Waals surface area contributed by atoms with Crippen molar-refractivity contribution < 1.29 is 4.79 Å². The number of carbonyl (C=O) groups is 1. The van der Waals surface area contributed by atoms with Gasteiger partial charge in [-0.25, -0.2) is 0 Å². The van der Waals surface area contributed by atoms with Crippen molar-refractivity contribution in [3.8, 4) is 0 Å².